The van der Waals surface area contributed by atoms with E-state index >= 15 is 0 Å². The van der Waals surface area contributed by atoms with E-state index in [4.69, 9.17) is 0 Å². The van der Waals surface area contributed by atoms with Gasteiger partial charge in [0.15, 0.2) is 5.82 Å². The van der Waals surface area contributed by atoms with Crippen LogP contribution in [0.4, 0.5) is 19.3 Å². The van der Waals surface area contributed by atoms with Crippen molar-refractivity contribution in [1.82, 2.24) is 19.8 Å². The number of anilines is 1. The highest BCUT2D eigenvalue weighted by Crippen LogP contribution is 2.24. The molecule has 8 heteroatoms. The summed E-state index contributed by atoms with van der Waals surface area (Å²) in [6.07, 6.45) is 0.963. The zero-order valence-corrected chi connectivity index (χ0v) is 13.8. The molecule has 0 bridgehead atoms. The molecular weight excluding hydrogens is 328 g/mol. The lowest BCUT2D eigenvalue weighted by Crippen LogP contribution is -2.56. The zero-order valence-electron chi connectivity index (χ0n) is 13.8. The van der Waals surface area contributed by atoms with Crippen molar-refractivity contribution in [2.75, 3.05) is 31.5 Å². The summed E-state index contributed by atoms with van der Waals surface area (Å²) in [4.78, 5) is 23.3. The van der Waals surface area contributed by atoms with E-state index in [-0.39, 0.29) is 11.9 Å². The molecule has 6 nitrogen and oxygen atoms in total. The predicted octanol–water partition coefficient (Wildman–Crippen LogP) is 3.20. The number of urea groups is 1. The molecule has 1 aromatic carbocycles. The van der Waals surface area contributed by atoms with E-state index in [1.54, 1.807) is 18.2 Å². The first-order valence-electron chi connectivity index (χ1n) is 8.68. The van der Waals surface area contributed by atoms with E-state index in [0.717, 1.165) is 26.1 Å². The topological polar surface area (TPSA) is 64.3 Å². The Labute approximate surface area is 144 Å². The minimum atomic E-state index is -2.64. The van der Waals surface area contributed by atoms with Gasteiger partial charge in [0.1, 0.15) is 0 Å². The summed E-state index contributed by atoms with van der Waals surface area (Å²) in [7, 11) is 0. The molecule has 1 atom stereocenters. The van der Waals surface area contributed by atoms with E-state index in [1.165, 1.54) is 12.8 Å². The molecule has 2 fully saturated rings. The summed E-state index contributed by atoms with van der Waals surface area (Å²) in [5.41, 5.74) is 1.53. The van der Waals surface area contributed by atoms with Crippen LogP contribution in [-0.2, 0) is 0 Å². The molecule has 0 spiro atoms. The Morgan fingerprint density at radius 1 is 1.28 bits per heavy atom. The van der Waals surface area contributed by atoms with Crippen molar-refractivity contribution in [3.63, 3.8) is 0 Å². The van der Waals surface area contributed by atoms with Crippen molar-refractivity contribution in [3.05, 3.63) is 24.0 Å². The summed E-state index contributed by atoms with van der Waals surface area (Å²) in [5.74, 6) is -0.355. The standard InChI is InChI=1S/C17H21F2N5O/c18-15(19)16-21-13-5-4-11(9-14(13)22-16)20-17(25)24-8-7-23-6-2-1-3-12(23)10-24/h4-5,9,12,15H,1-3,6-8,10H2,(H,20,25)(H,21,22). The highest BCUT2D eigenvalue weighted by Gasteiger charge is 2.31. The lowest BCUT2D eigenvalue weighted by molar-refractivity contribution is 0.0678. The van der Waals surface area contributed by atoms with Gasteiger partial charge < -0.3 is 15.2 Å². The number of piperazine rings is 1. The second-order valence-electron chi connectivity index (χ2n) is 6.72. The summed E-state index contributed by atoms with van der Waals surface area (Å²) in [5, 5.41) is 2.87. The minimum absolute atomic E-state index is 0.141. The number of H-pyrrole nitrogens is 1. The molecule has 0 radical (unpaired) electrons. The molecule has 4 rings (SSSR count). The Morgan fingerprint density at radius 2 is 2.16 bits per heavy atom. The second-order valence-corrected chi connectivity index (χ2v) is 6.72. The van der Waals surface area contributed by atoms with Crippen LogP contribution in [0.2, 0.25) is 0 Å². The van der Waals surface area contributed by atoms with Crippen molar-refractivity contribution in [2.24, 2.45) is 0 Å². The Balaban J connectivity index is 1.44. The van der Waals surface area contributed by atoms with Crippen LogP contribution in [0, 0.1) is 0 Å². The normalized spacial score (nSPS) is 21.6. The van der Waals surface area contributed by atoms with Crippen LogP contribution in [0.3, 0.4) is 0 Å². The molecule has 2 amide bonds. The number of aromatic amines is 1. The average Bonchev–Trinajstić information content (AvgIpc) is 3.05. The number of alkyl halides is 2. The molecule has 2 aliphatic heterocycles. The third kappa shape index (κ3) is 3.30. The Kier molecular flexibility index (Phi) is 4.29. The van der Waals surface area contributed by atoms with Crippen molar-refractivity contribution in [2.45, 2.75) is 31.7 Å². The molecular formula is C17H21F2N5O. The minimum Gasteiger partial charge on any atom is -0.337 e. The fourth-order valence-electron chi connectivity index (χ4n) is 3.75. The van der Waals surface area contributed by atoms with Crippen LogP contribution in [0.5, 0.6) is 0 Å². The highest BCUT2D eigenvalue weighted by atomic mass is 19.3. The molecule has 134 valence electrons. The third-order valence-electron chi connectivity index (χ3n) is 5.08. The number of carbonyl (C=O) groups excluding carboxylic acids is 1. The number of hydrogen-bond acceptors (Lipinski definition) is 3. The highest BCUT2D eigenvalue weighted by molar-refractivity contribution is 5.92. The van der Waals surface area contributed by atoms with Crippen molar-refractivity contribution in [3.8, 4) is 0 Å². The zero-order chi connectivity index (χ0) is 17.4. The van der Waals surface area contributed by atoms with Crippen LogP contribution in [-0.4, -0.2) is 58.0 Å². The van der Waals surface area contributed by atoms with Gasteiger partial charge in [0.25, 0.3) is 6.43 Å². The van der Waals surface area contributed by atoms with Crippen molar-refractivity contribution < 1.29 is 13.6 Å². The van der Waals surface area contributed by atoms with Crippen molar-refractivity contribution >= 4 is 22.8 Å². The molecule has 1 aromatic heterocycles. The number of amides is 2. The van der Waals surface area contributed by atoms with E-state index in [2.05, 4.69) is 20.2 Å². The van der Waals surface area contributed by atoms with Crippen LogP contribution in [0.25, 0.3) is 11.0 Å². The Hall–Kier alpha value is -2.22. The summed E-state index contributed by atoms with van der Waals surface area (Å²) < 4.78 is 25.4. The fraction of sp³-hybridized carbons (Fsp3) is 0.529. The second kappa shape index (κ2) is 6.59. The number of aromatic nitrogens is 2. The third-order valence-corrected chi connectivity index (χ3v) is 5.08. The lowest BCUT2D eigenvalue weighted by Gasteiger charge is -2.43. The number of carbonyl (C=O) groups is 1. The molecule has 3 heterocycles. The quantitative estimate of drug-likeness (QED) is 0.875. The van der Waals surface area contributed by atoms with Gasteiger partial charge in [-0.2, -0.15) is 0 Å². The summed E-state index contributed by atoms with van der Waals surface area (Å²) >= 11 is 0. The molecule has 2 N–H and O–H groups in total. The Bertz CT molecular complexity index is 777. The van der Waals surface area contributed by atoms with Gasteiger partial charge in [0, 0.05) is 31.4 Å². The average molecular weight is 349 g/mol. The van der Waals surface area contributed by atoms with Crippen LogP contribution in [0.15, 0.2) is 18.2 Å². The molecule has 2 saturated heterocycles. The maximum Gasteiger partial charge on any atom is 0.321 e. The number of piperidine rings is 1. The van der Waals surface area contributed by atoms with Gasteiger partial charge in [-0.05, 0) is 37.6 Å². The lowest BCUT2D eigenvalue weighted by atomic mass is 10.00. The maximum absolute atomic E-state index is 12.7. The van der Waals surface area contributed by atoms with Gasteiger partial charge in [0.2, 0.25) is 0 Å². The molecule has 1 unspecified atom stereocenters. The number of nitrogens with one attached hydrogen (secondary N) is 2. The monoisotopic (exact) mass is 349 g/mol. The van der Waals surface area contributed by atoms with Gasteiger partial charge in [-0.15, -0.1) is 0 Å². The largest absolute Gasteiger partial charge is 0.337 e. The number of benzene rings is 1. The van der Waals surface area contributed by atoms with Gasteiger partial charge >= 0.3 is 6.03 Å². The van der Waals surface area contributed by atoms with E-state index in [9.17, 15) is 13.6 Å². The van der Waals surface area contributed by atoms with Gasteiger partial charge in [-0.1, -0.05) is 6.42 Å². The fourth-order valence-corrected chi connectivity index (χ4v) is 3.75. The SMILES string of the molecule is O=C(Nc1ccc2nc(C(F)F)[nH]c2c1)N1CCN2CCCCC2C1. The van der Waals surface area contributed by atoms with Crippen LogP contribution >= 0.6 is 0 Å². The number of nitrogens with zero attached hydrogens (tertiary/aromatic N) is 3. The number of imidazole rings is 1. The van der Waals surface area contributed by atoms with Crippen molar-refractivity contribution in [1.29, 1.82) is 0 Å². The molecule has 25 heavy (non-hydrogen) atoms. The van der Waals surface area contributed by atoms with Gasteiger partial charge in [-0.3, -0.25) is 4.90 Å². The van der Waals surface area contributed by atoms with Gasteiger partial charge in [-0.25, -0.2) is 18.6 Å². The first-order valence-corrected chi connectivity index (χ1v) is 8.68. The van der Waals surface area contributed by atoms with Gasteiger partial charge in [0.05, 0.1) is 11.0 Å². The summed E-state index contributed by atoms with van der Waals surface area (Å²) in [6, 6.07) is 5.28. The molecule has 2 aromatic rings. The van der Waals surface area contributed by atoms with E-state index < -0.39 is 6.43 Å². The predicted molar refractivity (Wildman–Crippen MR) is 90.9 cm³/mol. The Morgan fingerprint density at radius 3 is 3.00 bits per heavy atom. The first-order chi connectivity index (χ1) is 12.1. The molecule has 0 saturated carbocycles. The van der Waals surface area contributed by atoms with Crippen LogP contribution in [0.1, 0.15) is 31.5 Å². The summed E-state index contributed by atoms with van der Waals surface area (Å²) in [6.45, 7) is 3.50. The van der Waals surface area contributed by atoms with E-state index in [0.29, 0.717) is 29.3 Å². The van der Waals surface area contributed by atoms with E-state index in [1.807, 2.05) is 4.90 Å². The molecule has 0 aliphatic carbocycles. The van der Waals surface area contributed by atoms with Crippen LogP contribution < -0.4 is 5.32 Å². The number of hydrogen-bond donors (Lipinski definition) is 2. The smallest absolute Gasteiger partial charge is 0.321 e. The first kappa shape index (κ1) is 16.3. The maximum atomic E-state index is 12.7. The number of halogens is 2. The number of fused-ring (bicyclic) bond motifs is 2. The molecule has 2 aliphatic rings. The number of rotatable bonds is 2.